The molecule has 11 heteroatoms. The smallest absolute Gasteiger partial charge is 0.308 e. The van der Waals surface area contributed by atoms with E-state index in [0.29, 0.717) is 28.4 Å². The van der Waals surface area contributed by atoms with Gasteiger partial charge in [-0.25, -0.2) is 4.79 Å². The van der Waals surface area contributed by atoms with E-state index in [-0.39, 0.29) is 10.7 Å². The molecule has 2 aromatic heterocycles. The maximum Gasteiger partial charge on any atom is 0.416 e. The quantitative estimate of drug-likeness (QED) is 0.440. The highest BCUT2D eigenvalue weighted by molar-refractivity contribution is 6.33. The Hall–Kier alpha value is -3.66. The van der Waals surface area contributed by atoms with Gasteiger partial charge in [0.25, 0.3) is 0 Å². The number of benzene rings is 2. The molecule has 2 heterocycles. The van der Waals surface area contributed by atoms with E-state index < -0.39 is 17.8 Å². The Bertz CT molecular complexity index is 1290. The summed E-state index contributed by atoms with van der Waals surface area (Å²) in [6.07, 6.45) is -4.55. The molecule has 0 saturated heterocycles. The SMILES string of the molecule is Cc1nnc2ccc(-c3cccc(NC(=O)Nc4cc(C(F)(F)F)ccc4Cl)c3)nn12. The topological polar surface area (TPSA) is 84.2 Å². The number of anilines is 2. The van der Waals surface area contributed by atoms with Crippen LogP contribution in [0.4, 0.5) is 29.3 Å². The van der Waals surface area contributed by atoms with Gasteiger partial charge in [-0.15, -0.1) is 10.2 Å². The summed E-state index contributed by atoms with van der Waals surface area (Å²) in [5, 5.41) is 17.3. The highest BCUT2D eigenvalue weighted by atomic mass is 35.5. The molecule has 0 aliphatic rings. The summed E-state index contributed by atoms with van der Waals surface area (Å²) in [6, 6.07) is 12.3. The van der Waals surface area contributed by atoms with Crippen molar-refractivity contribution in [1.82, 2.24) is 19.8 Å². The van der Waals surface area contributed by atoms with E-state index in [0.717, 1.165) is 18.2 Å². The van der Waals surface area contributed by atoms with E-state index in [1.807, 2.05) is 0 Å². The predicted octanol–water partition coefficient (Wildman–Crippen LogP) is 5.42. The maximum absolute atomic E-state index is 12.9. The van der Waals surface area contributed by atoms with Crippen molar-refractivity contribution in [3.8, 4) is 11.3 Å². The summed E-state index contributed by atoms with van der Waals surface area (Å²) in [5.74, 6) is 0.628. The molecule has 0 atom stereocenters. The standard InChI is InChI=1S/C20H14ClF3N6O/c1-11-27-28-18-8-7-16(29-30(11)18)12-3-2-4-14(9-12)25-19(31)26-17-10-13(20(22,23)24)5-6-15(17)21/h2-10H,1H3,(H2,25,26,31). The average molecular weight is 447 g/mol. The molecule has 2 amide bonds. The molecule has 4 rings (SSSR count). The van der Waals surface area contributed by atoms with E-state index in [4.69, 9.17) is 11.6 Å². The van der Waals surface area contributed by atoms with Crippen LogP contribution in [0, 0.1) is 6.92 Å². The van der Waals surface area contributed by atoms with Gasteiger partial charge < -0.3 is 10.6 Å². The van der Waals surface area contributed by atoms with E-state index in [1.165, 1.54) is 0 Å². The van der Waals surface area contributed by atoms with Crippen LogP contribution in [0.5, 0.6) is 0 Å². The molecule has 2 N–H and O–H groups in total. The number of urea groups is 1. The third kappa shape index (κ3) is 4.43. The molecule has 0 aliphatic carbocycles. The minimum absolute atomic E-state index is 0.0151. The number of aryl methyl sites for hydroxylation is 1. The van der Waals surface area contributed by atoms with Gasteiger partial charge in [0.2, 0.25) is 0 Å². The Labute approximate surface area is 178 Å². The number of aromatic nitrogens is 4. The zero-order chi connectivity index (χ0) is 22.2. The number of hydrogen-bond acceptors (Lipinski definition) is 4. The fraction of sp³-hybridized carbons (Fsp3) is 0.100. The molecule has 7 nitrogen and oxygen atoms in total. The molecule has 0 spiro atoms. The molecular formula is C20H14ClF3N6O. The van der Waals surface area contributed by atoms with Gasteiger partial charge in [-0.1, -0.05) is 23.7 Å². The van der Waals surface area contributed by atoms with Crippen molar-refractivity contribution in [3.05, 3.63) is 71.0 Å². The largest absolute Gasteiger partial charge is 0.416 e. The van der Waals surface area contributed by atoms with E-state index in [9.17, 15) is 18.0 Å². The van der Waals surface area contributed by atoms with Crippen LogP contribution in [-0.4, -0.2) is 25.8 Å². The van der Waals surface area contributed by atoms with Crippen LogP contribution in [0.15, 0.2) is 54.6 Å². The predicted molar refractivity (Wildman–Crippen MR) is 110 cm³/mol. The number of carbonyl (C=O) groups excluding carboxylic acids is 1. The molecule has 0 bridgehead atoms. The van der Waals surface area contributed by atoms with Crippen LogP contribution in [0.1, 0.15) is 11.4 Å². The Kier molecular flexibility index (Phi) is 5.24. The summed E-state index contributed by atoms with van der Waals surface area (Å²) < 4.78 is 40.3. The van der Waals surface area contributed by atoms with Crippen LogP contribution >= 0.6 is 11.6 Å². The van der Waals surface area contributed by atoms with Gasteiger partial charge in [-0.3, -0.25) is 0 Å². The van der Waals surface area contributed by atoms with Gasteiger partial charge in [0, 0.05) is 11.3 Å². The third-order valence-electron chi connectivity index (χ3n) is 4.38. The summed E-state index contributed by atoms with van der Waals surface area (Å²) in [6.45, 7) is 1.78. The van der Waals surface area contributed by atoms with Crippen molar-refractivity contribution in [2.75, 3.05) is 10.6 Å². The molecule has 0 fully saturated rings. The molecule has 0 unspecified atom stereocenters. The second kappa shape index (κ2) is 7.88. The first-order chi connectivity index (χ1) is 14.7. The lowest BCUT2D eigenvalue weighted by Gasteiger charge is -2.13. The van der Waals surface area contributed by atoms with Crippen molar-refractivity contribution in [2.24, 2.45) is 0 Å². The first kappa shape index (κ1) is 20.6. The zero-order valence-corrected chi connectivity index (χ0v) is 16.7. The summed E-state index contributed by atoms with van der Waals surface area (Å²) in [7, 11) is 0. The minimum atomic E-state index is -4.55. The highest BCUT2D eigenvalue weighted by Gasteiger charge is 2.31. The first-order valence-electron chi connectivity index (χ1n) is 8.95. The van der Waals surface area contributed by atoms with Gasteiger partial charge in [0.05, 0.1) is 22.0 Å². The number of nitrogens with zero attached hydrogens (tertiary/aromatic N) is 4. The zero-order valence-electron chi connectivity index (χ0n) is 15.9. The van der Waals surface area contributed by atoms with Crippen LogP contribution in [0.3, 0.4) is 0 Å². The van der Waals surface area contributed by atoms with Gasteiger partial charge in [-0.2, -0.15) is 22.8 Å². The summed E-state index contributed by atoms with van der Waals surface area (Å²) >= 11 is 5.92. The van der Waals surface area contributed by atoms with Crippen molar-refractivity contribution in [1.29, 1.82) is 0 Å². The van der Waals surface area contributed by atoms with Gasteiger partial charge in [0.15, 0.2) is 11.5 Å². The second-order valence-electron chi connectivity index (χ2n) is 6.59. The van der Waals surface area contributed by atoms with Gasteiger partial charge >= 0.3 is 12.2 Å². The van der Waals surface area contributed by atoms with Crippen molar-refractivity contribution < 1.29 is 18.0 Å². The lowest BCUT2D eigenvalue weighted by Crippen LogP contribution is -2.20. The Balaban J connectivity index is 1.54. The van der Waals surface area contributed by atoms with Crippen LogP contribution < -0.4 is 10.6 Å². The number of carbonyl (C=O) groups is 1. The molecule has 0 aliphatic heterocycles. The number of nitrogens with one attached hydrogen (secondary N) is 2. The molecular weight excluding hydrogens is 433 g/mol. The maximum atomic E-state index is 12.9. The minimum Gasteiger partial charge on any atom is -0.308 e. The molecule has 158 valence electrons. The fourth-order valence-corrected chi connectivity index (χ4v) is 3.05. The average Bonchev–Trinajstić information content (AvgIpc) is 3.09. The van der Waals surface area contributed by atoms with E-state index in [2.05, 4.69) is 25.9 Å². The summed E-state index contributed by atoms with van der Waals surface area (Å²) in [4.78, 5) is 12.3. The van der Waals surface area contributed by atoms with E-state index in [1.54, 1.807) is 47.8 Å². The second-order valence-corrected chi connectivity index (χ2v) is 7.00. The van der Waals surface area contributed by atoms with Crippen molar-refractivity contribution in [2.45, 2.75) is 13.1 Å². The number of hydrogen-bond donors (Lipinski definition) is 2. The van der Waals surface area contributed by atoms with Crippen molar-refractivity contribution in [3.63, 3.8) is 0 Å². The van der Waals surface area contributed by atoms with Gasteiger partial charge in [-0.05, 0) is 49.4 Å². The van der Waals surface area contributed by atoms with E-state index >= 15 is 0 Å². The highest BCUT2D eigenvalue weighted by Crippen LogP contribution is 2.34. The molecule has 0 radical (unpaired) electrons. The number of halogens is 4. The Morgan fingerprint density at radius 2 is 1.84 bits per heavy atom. The lowest BCUT2D eigenvalue weighted by molar-refractivity contribution is -0.137. The molecule has 4 aromatic rings. The normalized spacial score (nSPS) is 11.5. The summed E-state index contributed by atoms with van der Waals surface area (Å²) in [5.41, 5.74) is 1.29. The Morgan fingerprint density at radius 1 is 1.03 bits per heavy atom. The third-order valence-corrected chi connectivity index (χ3v) is 4.71. The fourth-order valence-electron chi connectivity index (χ4n) is 2.89. The number of fused-ring (bicyclic) bond motifs is 1. The molecule has 31 heavy (non-hydrogen) atoms. The Morgan fingerprint density at radius 3 is 2.61 bits per heavy atom. The van der Waals surface area contributed by atoms with Crippen LogP contribution in [0.25, 0.3) is 16.9 Å². The lowest BCUT2D eigenvalue weighted by atomic mass is 10.1. The monoisotopic (exact) mass is 446 g/mol. The van der Waals surface area contributed by atoms with Crippen molar-refractivity contribution >= 4 is 34.7 Å². The van der Waals surface area contributed by atoms with Gasteiger partial charge in [0.1, 0.15) is 0 Å². The number of rotatable bonds is 3. The molecule has 2 aromatic carbocycles. The number of amides is 2. The number of alkyl halides is 3. The molecule has 0 saturated carbocycles. The van der Waals surface area contributed by atoms with Crippen LogP contribution in [0.2, 0.25) is 5.02 Å². The van der Waals surface area contributed by atoms with Crippen LogP contribution in [-0.2, 0) is 6.18 Å². The first-order valence-corrected chi connectivity index (χ1v) is 9.33.